The number of anilines is 1. The van der Waals surface area contributed by atoms with Crippen LogP contribution in [0.2, 0.25) is 0 Å². The minimum absolute atomic E-state index is 0.0665. The molecule has 10 heteroatoms. The summed E-state index contributed by atoms with van der Waals surface area (Å²) in [5.41, 5.74) is 3.65. The number of hydrogen-bond acceptors (Lipinski definition) is 8. The number of aromatic amines is 1. The SMILES string of the molecule is CCOC(=O)NC(=O)/C(C#N)=N\Nc1ccccc1-c1nc2ccccc2[nH]c1=O. The Hall–Kier alpha value is -4.52. The van der Waals surface area contributed by atoms with Crippen molar-refractivity contribution in [2.24, 2.45) is 5.10 Å². The molecule has 3 rings (SSSR count). The van der Waals surface area contributed by atoms with E-state index in [2.05, 4.69) is 25.2 Å². The van der Waals surface area contributed by atoms with Crippen LogP contribution in [-0.2, 0) is 9.53 Å². The lowest BCUT2D eigenvalue weighted by Gasteiger charge is -2.09. The first kappa shape index (κ1) is 20.2. The van der Waals surface area contributed by atoms with Crippen molar-refractivity contribution in [1.82, 2.24) is 15.3 Å². The maximum absolute atomic E-state index is 12.5. The van der Waals surface area contributed by atoms with Crippen LogP contribution in [0.1, 0.15) is 6.92 Å². The number of benzene rings is 2. The van der Waals surface area contributed by atoms with Gasteiger partial charge in [0.25, 0.3) is 11.5 Å². The van der Waals surface area contributed by atoms with Crippen LogP contribution in [0.3, 0.4) is 0 Å². The fraction of sp³-hybridized carbons (Fsp3) is 0.100. The van der Waals surface area contributed by atoms with Crippen LogP contribution >= 0.6 is 0 Å². The molecule has 1 aromatic heterocycles. The summed E-state index contributed by atoms with van der Waals surface area (Å²) in [4.78, 5) is 43.0. The summed E-state index contributed by atoms with van der Waals surface area (Å²) in [6, 6.07) is 15.3. The number of nitrogens with zero attached hydrogens (tertiary/aromatic N) is 3. The Kier molecular flexibility index (Phi) is 6.14. The molecular formula is C20H16N6O4. The molecule has 0 aliphatic rings. The molecule has 0 atom stereocenters. The lowest BCUT2D eigenvalue weighted by Crippen LogP contribution is -2.36. The Labute approximate surface area is 170 Å². The van der Waals surface area contributed by atoms with Crippen LogP contribution < -0.4 is 16.3 Å². The van der Waals surface area contributed by atoms with Crippen molar-refractivity contribution in [1.29, 1.82) is 5.26 Å². The molecule has 10 nitrogen and oxygen atoms in total. The number of carbonyl (C=O) groups excluding carboxylic acids is 2. The van der Waals surface area contributed by atoms with Crippen LogP contribution in [0.15, 0.2) is 58.4 Å². The fourth-order valence-corrected chi connectivity index (χ4v) is 2.56. The highest BCUT2D eigenvalue weighted by atomic mass is 16.5. The maximum Gasteiger partial charge on any atom is 0.414 e. The van der Waals surface area contributed by atoms with E-state index in [9.17, 15) is 14.4 Å². The third kappa shape index (κ3) is 4.48. The largest absolute Gasteiger partial charge is 0.450 e. The van der Waals surface area contributed by atoms with Gasteiger partial charge in [-0.2, -0.15) is 10.4 Å². The predicted molar refractivity (Wildman–Crippen MR) is 110 cm³/mol. The Bertz CT molecular complexity index is 1240. The van der Waals surface area contributed by atoms with E-state index in [4.69, 9.17) is 5.26 Å². The standard InChI is InChI=1S/C20H16N6O4/c1-2-30-20(29)24-18(27)16(11-21)26-25-13-8-4-3-7-12(13)17-19(28)23-15-10-6-5-9-14(15)22-17/h3-10,25H,2H2,1H3,(H,23,28)(H,24,27,29)/b26-16-. The van der Waals surface area contributed by atoms with Gasteiger partial charge in [0.1, 0.15) is 11.8 Å². The van der Waals surface area contributed by atoms with E-state index in [0.717, 1.165) is 0 Å². The normalized spacial score (nSPS) is 10.9. The quantitative estimate of drug-likeness (QED) is 0.435. The number of fused-ring (bicyclic) bond motifs is 1. The summed E-state index contributed by atoms with van der Waals surface area (Å²) in [5.74, 6) is -1.03. The van der Waals surface area contributed by atoms with Crippen molar-refractivity contribution < 1.29 is 14.3 Å². The Morgan fingerprint density at radius 1 is 1.20 bits per heavy atom. The van der Waals surface area contributed by atoms with Gasteiger partial charge >= 0.3 is 6.09 Å². The van der Waals surface area contributed by atoms with Gasteiger partial charge in [0.15, 0.2) is 0 Å². The van der Waals surface area contributed by atoms with Crippen molar-refractivity contribution >= 4 is 34.4 Å². The van der Waals surface area contributed by atoms with E-state index in [1.54, 1.807) is 61.5 Å². The van der Waals surface area contributed by atoms with Gasteiger partial charge in [-0.3, -0.25) is 20.3 Å². The zero-order valence-electron chi connectivity index (χ0n) is 15.8. The lowest BCUT2D eigenvalue weighted by molar-refractivity contribution is -0.114. The number of ether oxygens (including phenoxy) is 1. The number of nitriles is 1. The second kappa shape index (κ2) is 9.11. The van der Waals surface area contributed by atoms with Gasteiger partial charge in [-0.1, -0.05) is 30.3 Å². The number of aromatic nitrogens is 2. The molecule has 1 heterocycles. The van der Waals surface area contributed by atoms with Crippen LogP contribution in [0.4, 0.5) is 10.5 Å². The highest BCUT2D eigenvalue weighted by Crippen LogP contribution is 2.25. The van der Waals surface area contributed by atoms with Crippen LogP contribution in [0, 0.1) is 11.3 Å². The summed E-state index contributed by atoms with van der Waals surface area (Å²) in [7, 11) is 0. The molecule has 3 N–H and O–H groups in total. The van der Waals surface area contributed by atoms with Crippen LogP contribution in [0.5, 0.6) is 0 Å². The number of nitrogens with one attached hydrogen (secondary N) is 3. The molecule has 2 amide bonds. The molecule has 30 heavy (non-hydrogen) atoms. The summed E-state index contributed by atoms with van der Waals surface area (Å²) in [5, 5.41) is 14.8. The zero-order valence-corrected chi connectivity index (χ0v) is 15.8. The highest BCUT2D eigenvalue weighted by molar-refractivity contribution is 6.46. The Balaban J connectivity index is 1.93. The van der Waals surface area contributed by atoms with Gasteiger partial charge in [-0.05, 0) is 25.1 Å². The topological polar surface area (TPSA) is 149 Å². The third-order valence-electron chi connectivity index (χ3n) is 3.88. The number of hydrogen-bond donors (Lipinski definition) is 3. The molecule has 0 fully saturated rings. The number of amides is 2. The molecule has 150 valence electrons. The lowest BCUT2D eigenvalue weighted by atomic mass is 10.1. The van der Waals surface area contributed by atoms with Gasteiger partial charge < -0.3 is 9.72 Å². The van der Waals surface area contributed by atoms with Gasteiger partial charge in [0.2, 0.25) is 5.71 Å². The minimum atomic E-state index is -1.03. The van der Waals surface area contributed by atoms with Crippen molar-refractivity contribution in [3.05, 3.63) is 58.9 Å². The first-order valence-corrected chi connectivity index (χ1v) is 8.84. The van der Waals surface area contributed by atoms with Crippen LogP contribution in [0.25, 0.3) is 22.3 Å². The molecule has 0 saturated carbocycles. The second-order valence-corrected chi connectivity index (χ2v) is 5.84. The number of H-pyrrole nitrogens is 1. The van der Waals surface area contributed by atoms with Crippen molar-refractivity contribution in [2.45, 2.75) is 6.92 Å². The number of rotatable bonds is 5. The molecular weight excluding hydrogens is 388 g/mol. The van der Waals surface area contributed by atoms with Gasteiger partial charge in [-0.25, -0.2) is 9.78 Å². The number of imide groups is 1. The third-order valence-corrected chi connectivity index (χ3v) is 3.88. The summed E-state index contributed by atoms with van der Waals surface area (Å²) in [6.45, 7) is 1.64. The number of hydrazone groups is 1. The smallest absolute Gasteiger partial charge is 0.414 e. The van der Waals surface area contributed by atoms with E-state index in [-0.39, 0.29) is 12.3 Å². The molecule has 0 bridgehead atoms. The van der Waals surface area contributed by atoms with E-state index >= 15 is 0 Å². The van der Waals surface area contributed by atoms with Gasteiger partial charge in [0.05, 0.1) is 23.3 Å². The Morgan fingerprint density at radius 3 is 2.70 bits per heavy atom. The second-order valence-electron chi connectivity index (χ2n) is 5.84. The minimum Gasteiger partial charge on any atom is -0.450 e. The average Bonchev–Trinajstić information content (AvgIpc) is 2.74. The zero-order chi connectivity index (χ0) is 21.5. The first-order valence-electron chi connectivity index (χ1n) is 8.84. The summed E-state index contributed by atoms with van der Waals surface area (Å²) < 4.78 is 4.59. The average molecular weight is 404 g/mol. The molecule has 0 saturated heterocycles. The summed E-state index contributed by atoms with van der Waals surface area (Å²) >= 11 is 0. The molecule has 0 aliphatic carbocycles. The molecule has 0 unspecified atom stereocenters. The van der Waals surface area contributed by atoms with E-state index in [0.29, 0.717) is 22.3 Å². The number of carbonyl (C=O) groups is 2. The Morgan fingerprint density at radius 2 is 1.93 bits per heavy atom. The number of alkyl carbamates (subject to hydrolysis) is 1. The first-order chi connectivity index (χ1) is 14.5. The van der Waals surface area contributed by atoms with E-state index < -0.39 is 23.3 Å². The van der Waals surface area contributed by atoms with Gasteiger partial charge in [-0.15, -0.1) is 0 Å². The highest BCUT2D eigenvalue weighted by Gasteiger charge is 2.16. The molecule has 3 aromatic rings. The van der Waals surface area contributed by atoms with E-state index in [1.807, 2.05) is 5.32 Å². The van der Waals surface area contributed by atoms with Crippen molar-refractivity contribution in [3.8, 4) is 17.3 Å². The van der Waals surface area contributed by atoms with Crippen molar-refractivity contribution in [2.75, 3.05) is 12.0 Å². The van der Waals surface area contributed by atoms with Gasteiger partial charge in [0, 0.05) is 5.56 Å². The molecule has 0 aliphatic heterocycles. The van der Waals surface area contributed by atoms with Crippen molar-refractivity contribution in [3.63, 3.8) is 0 Å². The summed E-state index contributed by atoms with van der Waals surface area (Å²) in [6.07, 6.45) is -0.988. The molecule has 0 radical (unpaired) electrons. The maximum atomic E-state index is 12.5. The number of para-hydroxylation sites is 3. The molecule has 0 spiro atoms. The fourth-order valence-electron chi connectivity index (χ4n) is 2.56. The van der Waals surface area contributed by atoms with E-state index in [1.165, 1.54) is 0 Å². The molecule has 2 aromatic carbocycles. The predicted octanol–water partition coefficient (Wildman–Crippen LogP) is 2.15. The van der Waals surface area contributed by atoms with Crippen LogP contribution in [-0.4, -0.2) is 34.3 Å². The monoisotopic (exact) mass is 404 g/mol.